The fourth-order valence-electron chi connectivity index (χ4n) is 1.78. The van der Waals surface area contributed by atoms with Gasteiger partial charge in [-0.15, -0.1) is 0 Å². The molecule has 0 atom stereocenters. The van der Waals surface area contributed by atoms with Crippen molar-refractivity contribution in [3.8, 4) is 5.75 Å². The summed E-state index contributed by atoms with van der Waals surface area (Å²) < 4.78 is 5.52. The van der Waals surface area contributed by atoms with Crippen molar-refractivity contribution in [3.63, 3.8) is 0 Å². The van der Waals surface area contributed by atoms with Crippen molar-refractivity contribution in [2.75, 3.05) is 11.9 Å². The maximum Gasteiger partial charge on any atom is 0.224 e. The second-order valence-corrected chi connectivity index (χ2v) is 5.81. The average Bonchev–Trinajstić information content (AvgIpc) is 2.48. The minimum absolute atomic E-state index is 0.112. The van der Waals surface area contributed by atoms with Crippen molar-refractivity contribution in [1.82, 2.24) is 0 Å². The molecule has 3 nitrogen and oxygen atoms in total. The van der Waals surface area contributed by atoms with Crippen LogP contribution in [0.4, 0.5) is 5.69 Å². The number of hydrogen-bond donors (Lipinski definition) is 1. The van der Waals surface area contributed by atoms with E-state index in [-0.39, 0.29) is 5.91 Å². The van der Waals surface area contributed by atoms with Gasteiger partial charge in [0, 0.05) is 11.4 Å². The number of hydrogen-bond acceptors (Lipinski definition) is 2. The first kappa shape index (κ1) is 16.9. The van der Waals surface area contributed by atoms with Gasteiger partial charge in [0.2, 0.25) is 5.91 Å². The van der Waals surface area contributed by atoms with Crippen LogP contribution in [-0.2, 0) is 4.79 Å². The zero-order valence-corrected chi connectivity index (χ0v) is 13.9. The Hall–Kier alpha value is -1.42. The third kappa shape index (κ3) is 5.09. The van der Waals surface area contributed by atoms with E-state index in [2.05, 4.69) is 5.32 Å². The molecular weight excluding hydrogens is 345 g/mol. The van der Waals surface area contributed by atoms with Gasteiger partial charge in [0.05, 0.1) is 22.3 Å². The van der Waals surface area contributed by atoms with Gasteiger partial charge in [0.1, 0.15) is 5.75 Å². The molecule has 0 fully saturated rings. The van der Waals surface area contributed by atoms with E-state index < -0.39 is 0 Å². The number of carbonyl (C=O) groups excluding carboxylic acids is 1. The van der Waals surface area contributed by atoms with Gasteiger partial charge in [-0.05, 0) is 36.8 Å². The van der Waals surface area contributed by atoms with Crippen molar-refractivity contribution >= 4 is 46.4 Å². The van der Waals surface area contributed by atoms with E-state index in [0.717, 1.165) is 0 Å². The van der Waals surface area contributed by atoms with Gasteiger partial charge < -0.3 is 10.1 Å². The van der Waals surface area contributed by atoms with Crippen LogP contribution in [0.25, 0.3) is 0 Å². The molecule has 0 spiro atoms. The quantitative estimate of drug-likeness (QED) is 0.698. The molecular formula is C16H14Cl3NO2. The highest BCUT2D eigenvalue weighted by atomic mass is 35.5. The molecule has 2 rings (SSSR count). The lowest BCUT2D eigenvalue weighted by molar-refractivity contribution is -0.116. The maximum atomic E-state index is 11.8. The Balaban J connectivity index is 1.74. The number of nitrogens with one attached hydrogen (secondary N) is 1. The molecule has 0 aliphatic carbocycles. The summed E-state index contributed by atoms with van der Waals surface area (Å²) >= 11 is 17.8. The summed E-state index contributed by atoms with van der Waals surface area (Å²) in [6.45, 7) is 0.386. The summed E-state index contributed by atoms with van der Waals surface area (Å²) in [5.41, 5.74) is 0.607. The van der Waals surface area contributed by atoms with Gasteiger partial charge in [0.15, 0.2) is 0 Å². The van der Waals surface area contributed by atoms with Gasteiger partial charge in [-0.25, -0.2) is 0 Å². The average molecular weight is 359 g/mol. The molecule has 0 aliphatic rings. The molecule has 2 aromatic carbocycles. The Morgan fingerprint density at radius 1 is 1.05 bits per heavy atom. The smallest absolute Gasteiger partial charge is 0.224 e. The predicted octanol–water partition coefficient (Wildman–Crippen LogP) is 5.44. The Kier molecular flexibility index (Phi) is 6.37. The fraction of sp³-hybridized carbons (Fsp3) is 0.188. The van der Waals surface area contributed by atoms with Crippen LogP contribution < -0.4 is 10.1 Å². The molecule has 1 N–H and O–H groups in total. The number of ether oxygens (including phenoxy) is 1. The fourth-order valence-corrected chi connectivity index (χ4v) is 2.43. The second kappa shape index (κ2) is 8.28. The molecule has 6 heteroatoms. The molecule has 0 saturated carbocycles. The number of benzene rings is 2. The van der Waals surface area contributed by atoms with Crippen molar-refractivity contribution in [3.05, 3.63) is 57.5 Å². The molecule has 0 saturated heterocycles. The topological polar surface area (TPSA) is 38.3 Å². The Bertz CT molecular complexity index is 662. The summed E-state index contributed by atoms with van der Waals surface area (Å²) in [6, 6.07) is 12.1. The normalized spacial score (nSPS) is 10.3. The number of amides is 1. The van der Waals surface area contributed by atoms with E-state index in [9.17, 15) is 4.79 Å². The molecule has 0 aliphatic heterocycles. The Morgan fingerprint density at radius 2 is 1.82 bits per heavy atom. The van der Waals surface area contributed by atoms with Crippen LogP contribution >= 0.6 is 34.8 Å². The van der Waals surface area contributed by atoms with Gasteiger partial charge in [0.25, 0.3) is 0 Å². The third-order valence-corrected chi connectivity index (χ3v) is 3.71. The highest BCUT2D eigenvalue weighted by molar-refractivity contribution is 6.35. The highest BCUT2D eigenvalue weighted by Gasteiger charge is 2.06. The van der Waals surface area contributed by atoms with E-state index in [4.69, 9.17) is 39.5 Å². The first-order valence-electron chi connectivity index (χ1n) is 6.68. The lowest BCUT2D eigenvalue weighted by atomic mass is 10.2. The Labute approximate surface area is 144 Å². The van der Waals surface area contributed by atoms with Gasteiger partial charge in [-0.3, -0.25) is 4.79 Å². The van der Waals surface area contributed by atoms with E-state index in [1.54, 1.807) is 30.3 Å². The molecule has 0 radical (unpaired) electrons. The van der Waals surface area contributed by atoms with Crippen LogP contribution in [0.2, 0.25) is 15.1 Å². The largest absolute Gasteiger partial charge is 0.492 e. The molecule has 0 aromatic heterocycles. The van der Waals surface area contributed by atoms with Gasteiger partial charge >= 0.3 is 0 Å². The molecule has 0 bridgehead atoms. The lowest BCUT2D eigenvalue weighted by Crippen LogP contribution is -2.13. The predicted molar refractivity (Wildman–Crippen MR) is 91.3 cm³/mol. The molecule has 1 amide bonds. The standard InChI is InChI=1S/C16H14Cl3NO2/c17-11-7-8-15(13(19)10-11)22-9-3-6-16(21)20-14-5-2-1-4-12(14)18/h1-2,4-5,7-8,10H,3,6,9H2,(H,20,21). The van der Waals surface area contributed by atoms with Gasteiger partial charge in [-0.2, -0.15) is 0 Å². The first-order valence-corrected chi connectivity index (χ1v) is 7.82. The minimum Gasteiger partial charge on any atom is -0.492 e. The van der Waals surface area contributed by atoms with Crippen LogP contribution in [0.5, 0.6) is 5.75 Å². The molecule has 2 aromatic rings. The summed E-state index contributed by atoms with van der Waals surface area (Å²) in [4.78, 5) is 11.8. The highest BCUT2D eigenvalue weighted by Crippen LogP contribution is 2.27. The molecule has 0 heterocycles. The number of halogens is 3. The van der Waals surface area contributed by atoms with Gasteiger partial charge in [-0.1, -0.05) is 46.9 Å². The van der Waals surface area contributed by atoms with Crippen molar-refractivity contribution < 1.29 is 9.53 Å². The number of rotatable bonds is 6. The van der Waals surface area contributed by atoms with E-state index in [1.807, 2.05) is 12.1 Å². The summed E-state index contributed by atoms with van der Waals surface area (Å²) in [5, 5.41) is 4.28. The number of carbonyl (C=O) groups is 1. The van der Waals surface area contributed by atoms with E-state index in [0.29, 0.717) is 46.0 Å². The molecule has 116 valence electrons. The SMILES string of the molecule is O=C(CCCOc1ccc(Cl)cc1Cl)Nc1ccccc1Cl. The second-order valence-electron chi connectivity index (χ2n) is 4.55. The van der Waals surface area contributed by atoms with E-state index >= 15 is 0 Å². The van der Waals surface area contributed by atoms with E-state index in [1.165, 1.54) is 0 Å². The Morgan fingerprint density at radius 3 is 2.55 bits per heavy atom. The molecule has 0 unspecified atom stereocenters. The monoisotopic (exact) mass is 357 g/mol. The minimum atomic E-state index is -0.112. The van der Waals surface area contributed by atoms with Crippen LogP contribution in [-0.4, -0.2) is 12.5 Å². The van der Waals surface area contributed by atoms with Crippen molar-refractivity contribution in [2.24, 2.45) is 0 Å². The molecule has 22 heavy (non-hydrogen) atoms. The van der Waals surface area contributed by atoms with Crippen molar-refractivity contribution in [1.29, 1.82) is 0 Å². The first-order chi connectivity index (χ1) is 10.6. The maximum absolute atomic E-state index is 11.8. The van der Waals surface area contributed by atoms with Crippen molar-refractivity contribution in [2.45, 2.75) is 12.8 Å². The van der Waals surface area contributed by atoms with Crippen LogP contribution in [0, 0.1) is 0 Å². The summed E-state index contributed by atoms with van der Waals surface area (Å²) in [6.07, 6.45) is 0.895. The van der Waals surface area contributed by atoms with Crippen LogP contribution in [0.3, 0.4) is 0 Å². The number of para-hydroxylation sites is 1. The van der Waals surface area contributed by atoms with Crippen LogP contribution in [0.1, 0.15) is 12.8 Å². The summed E-state index contributed by atoms with van der Waals surface area (Å²) in [5.74, 6) is 0.441. The zero-order chi connectivity index (χ0) is 15.9. The summed E-state index contributed by atoms with van der Waals surface area (Å²) in [7, 11) is 0. The third-order valence-electron chi connectivity index (χ3n) is 2.85. The number of anilines is 1. The lowest BCUT2D eigenvalue weighted by Gasteiger charge is -2.09. The van der Waals surface area contributed by atoms with Crippen LogP contribution in [0.15, 0.2) is 42.5 Å². The zero-order valence-electron chi connectivity index (χ0n) is 11.6.